The number of hydrogen-bond donors (Lipinski definition) is 4. The van der Waals surface area contributed by atoms with E-state index in [-0.39, 0.29) is 30.7 Å². The van der Waals surface area contributed by atoms with E-state index in [1.807, 2.05) is 51.0 Å². The number of anilines is 3. The van der Waals surface area contributed by atoms with Crippen molar-refractivity contribution in [1.82, 2.24) is 39.6 Å². The van der Waals surface area contributed by atoms with E-state index in [0.29, 0.717) is 124 Å². The highest BCUT2D eigenvalue weighted by molar-refractivity contribution is 6.01. The summed E-state index contributed by atoms with van der Waals surface area (Å²) >= 11 is 0. The molecule has 4 N–H and O–H groups in total. The normalized spacial score (nSPS) is 19.7. The van der Waals surface area contributed by atoms with Gasteiger partial charge < -0.3 is 30.2 Å². The second kappa shape index (κ2) is 18.5. The third-order valence-electron chi connectivity index (χ3n) is 14.2. The van der Waals surface area contributed by atoms with Crippen LogP contribution in [0.4, 0.5) is 21.6 Å². The number of halogens is 1. The molecule has 0 bridgehead atoms. The molecule has 68 heavy (non-hydrogen) atoms. The number of carbonyl (C=O) groups excluding carboxylic acids is 3. The van der Waals surface area contributed by atoms with Gasteiger partial charge in [0.05, 0.1) is 59.3 Å². The largest absolute Gasteiger partial charge is 0.389 e. The Morgan fingerprint density at radius 2 is 1.60 bits per heavy atom. The lowest BCUT2D eigenvalue weighted by atomic mass is 9.85. The summed E-state index contributed by atoms with van der Waals surface area (Å²) in [5, 5.41) is 47.3. The number of pyridine rings is 1. The van der Waals surface area contributed by atoms with Crippen molar-refractivity contribution in [3.8, 4) is 28.6 Å². The molecule has 6 aromatic rings. The average Bonchev–Trinajstić information content (AvgIpc) is 4.02. The number of piperidine rings is 4. The van der Waals surface area contributed by atoms with Crippen molar-refractivity contribution < 1.29 is 29.0 Å². The molecule has 0 saturated carbocycles. The lowest BCUT2D eigenvalue weighted by Crippen LogP contribution is -2.49. The molecule has 1 atom stereocenters. The van der Waals surface area contributed by atoms with Crippen LogP contribution in [0.25, 0.3) is 28.0 Å². The van der Waals surface area contributed by atoms with Gasteiger partial charge in [0.1, 0.15) is 34.8 Å². The Labute approximate surface area is 392 Å². The van der Waals surface area contributed by atoms with Crippen LogP contribution in [-0.4, -0.2) is 119 Å². The van der Waals surface area contributed by atoms with Gasteiger partial charge in [0.15, 0.2) is 0 Å². The maximum Gasteiger partial charge on any atom is 0.249 e. The van der Waals surface area contributed by atoms with E-state index in [9.17, 15) is 29.9 Å². The highest BCUT2D eigenvalue weighted by atomic mass is 19.1. The fourth-order valence-corrected chi connectivity index (χ4v) is 10.1. The first-order valence-corrected chi connectivity index (χ1v) is 23.4. The lowest BCUT2D eigenvalue weighted by Gasteiger charge is -2.40. The number of rotatable bonds is 11. The van der Waals surface area contributed by atoms with Gasteiger partial charge in [-0.1, -0.05) is 30.3 Å². The van der Waals surface area contributed by atoms with E-state index in [1.54, 1.807) is 35.2 Å². The zero-order chi connectivity index (χ0) is 47.0. The van der Waals surface area contributed by atoms with Crippen LogP contribution in [-0.2, 0) is 20.8 Å². The van der Waals surface area contributed by atoms with Gasteiger partial charge in [0.2, 0.25) is 17.7 Å². The van der Waals surface area contributed by atoms with E-state index in [1.165, 1.54) is 12.3 Å². The summed E-state index contributed by atoms with van der Waals surface area (Å²) in [6, 6.07) is 20.3. The number of nitriles is 1. The highest BCUT2D eigenvalue weighted by Crippen LogP contribution is 2.35. The number of nitrogens with zero attached hydrogens (tertiary/aromatic N) is 10. The van der Waals surface area contributed by atoms with Crippen LogP contribution < -0.4 is 20.4 Å². The Morgan fingerprint density at radius 1 is 0.853 bits per heavy atom. The van der Waals surface area contributed by atoms with Gasteiger partial charge in [-0.3, -0.25) is 24.4 Å². The van der Waals surface area contributed by atoms with Gasteiger partial charge in [0, 0.05) is 81.3 Å². The Morgan fingerprint density at radius 3 is 2.31 bits per heavy atom. The molecule has 350 valence electrons. The Kier molecular flexibility index (Phi) is 12.1. The molecule has 4 aliphatic heterocycles. The molecule has 3 amide bonds. The fraction of sp³-hybridized carbons (Fsp3) is 0.400. The lowest BCUT2D eigenvalue weighted by molar-refractivity contribution is -0.139. The standard InChI is InChI=1S/C50H53FN12O5/c51-39-24-37(56-40-8-11-44(64)58-48(40)66)7-9-42(39)59-20-14-50(68,15-21-59)26-45(65)61-18-12-38(13-19-61)62-31-36(30-54-62)41-32-63-47(35(27-52)29-55-63)46(57-41)34-6-10-43(53-28-34)60-22-16-49(67,17-23-60)25-33-4-2-1-3-5-33/h1-7,9-10,24,28-32,38,40,56,67-68H,8,11-23,25-26H2,(H,58,64,66). The highest BCUT2D eigenvalue weighted by Gasteiger charge is 2.38. The number of nitrogens with one attached hydrogen (secondary N) is 2. The minimum absolute atomic E-state index is 0.0117. The summed E-state index contributed by atoms with van der Waals surface area (Å²) in [6.45, 7) is 3.13. The number of benzene rings is 2. The van der Waals surface area contributed by atoms with Crippen molar-refractivity contribution in [3.63, 3.8) is 0 Å². The molecule has 4 saturated heterocycles. The van der Waals surface area contributed by atoms with Crippen molar-refractivity contribution in [2.75, 3.05) is 54.4 Å². The molecule has 2 aromatic carbocycles. The predicted octanol–water partition coefficient (Wildman–Crippen LogP) is 5.04. The minimum Gasteiger partial charge on any atom is -0.389 e. The maximum atomic E-state index is 15.3. The van der Waals surface area contributed by atoms with Crippen molar-refractivity contribution in [1.29, 1.82) is 5.26 Å². The van der Waals surface area contributed by atoms with Gasteiger partial charge >= 0.3 is 0 Å². The van der Waals surface area contributed by atoms with E-state index in [2.05, 4.69) is 38.8 Å². The first-order valence-electron chi connectivity index (χ1n) is 23.4. The van der Waals surface area contributed by atoms with E-state index in [4.69, 9.17) is 15.1 Å². The molecule has 0 aliphatic carbocycles. The first-order chi connectivity index (χ1) is 32.9. The summed E-state index contributed by atoms with van der Waals surface area (Å²) in [5.74, 6) is -0.514. The van der Waals surface area contributed by atoms with Gasteiger partial charge in [0.25, 0.3) is 0 Å². The van der Waals surface area contributed by atoms with Crippen LogP contribution in [0, 0.1) is 17.1 Å². The Bertz CT molecular complexity index is 2870. The zero-order valence-corrected chi connectivity index (χ0v) is 37.6. The summed E-state index contributed by atoms with van der Waals surface area (Å²) in [6.07, 6.45) is 13.2. The molecular formula is C50H53FN12O5. The number of imide groups is 1. The number of hydrogen-bond acceptors (Lipinski definition) is 13. The third-order valence-corrected chi connectivity index (χ3v) is 14.2. The van der Waals surface area contributed by atoms with Crippen LogP contribution in [0.1, 0.15) is 75.0 Å². The summed E-state index contributed by atoms with van der Waals surface area (Å²) in [5.41, 5.74) is 3.65. The quantitative estimate of drug-likeness (QED) is 0.126. The molecule has 1 unspecified atom stereocenters. The smallest absolute Gasteiger partial charge is 0.249 e. The predicted molar refractivity (Wildman–Crippen MR) is 251 cm³/mol. The molecule has 8 heterocycles. The molecule has 4 aromatic heterocycles. The molecule has 0 radical (unpaired) electrons. The van der Waals surface area contributed by atoms with Crippen LogP contribution in [0.2, 0.25) is 0 Å². The van der Waals surface area contributed by atoms with Crippen LogP contribution in [0.15, 0.2) is 91.6 Å². The minimum atomic E-state index is -1.21. The summed E-state index contributed by atoms with van der Waals surface area (Å²) < 4.78 is 18.9. The molecule has 4 aliphatic rings. The molecule has 10 rings (SSSR count). The van der Waals surface area contributed by atoms with Gasteiger partial charge in [-0.25, -0.2) is 18.9 Å². The number of aromatic nitrogens is 6. The zero-order valence-electron chi connectivity index (χ0n) is 37.6. The number of aliphatic hydroxyl groups is 2. The van der Waals surface area contributed by atoms with Gasteiger partial charge in [-0.15, -0.1) is 0 Å². The second-order valence-electron chi connectivity index (χ2n) is 18.7. The van der Waals surface area contributed by atoms with Crippen molar-refractivity contribution in [2.24, 2.45) is 0 Å². The summed E-state index contributed by atoms with van der Waals surface area (Å²) in [4.78, 5) is 52.9. The Balaban J connectivity index is 0.740. The molecule has 4 fully saturated rings. The molecule has 17 nitrogen and oxygen atoms in total. The SMILES string of the molecule is N#Cc1cnn2cc(-c3cnn(C4CCN(C(=O)CC5(O)CCN(c6ccc(NC7CCC(=O)NC7=O)cc6F)CC5)CC4)c3)nc(-c3ccc(N4CCC(O)(Cc5ccccc5)CC4)nc3)c12. The Hall–Kier alpha value is -7.23. The van der Waals surface area contributed by atoms with Crippen molar-refractivity contribution >= 4 is 40.4 Å². The van der Waals surface area contributed by atoms with Crippen LogP contribution in [0.5, 0.6) is 0 Å². The molecular weight excluding hydrogens is 868 g/mol. The number of fused-ring (bicyclic) bond motifs is 1. The average molecular weight is 921 g/mol. The first kappa shape index (κ1) is 44.6. The van der Waals surface area contributed by atoms with Crippen LogP contribution in [0.3, 0.4) is 0 Å². The van der Waals surface area contributed by atoms with Crippen molar-refractivity contribution in [2.45, 2.75) is 87.5 Å². The topological polar surface area (TPSA) is 210 Å². The van der Waals surface area contributed by atoms with E-state index < -0.39 is 29.0 Å². The van der Waals surface area contributed by atoms with E-state index in [0.717, 1.165) is 22.5 Å². The molecule has 0 spiro atoms. The maximum absolute atomic E-state index is 15.3. The number of carbonyl (C=O) groups is 3. The van der Waals surface area contributed by atoms with Crippen molar-refractivity contribution in [3.05, 3.63) is 109 Å². The monoisotopic (exact) mass is 920 g/mol. The molecule has 18 heteroatoms. The van der Waals surface area contributed by atoms with E-state index >= 15 is 4.39 Å². The number of likely N-dealkylation sites (tertiary alicyclic amines) is 1. The number of amides is 3. The summed E-state index contributed by atoms with van der Waals surface area (Å²) in [7, 11) is 0. The third kappa shape index (κ3) is 9.36. The van der Waals surface area contributed by atoms with Crippen LogP contribution >= 0.6 is 0 Å². The van der Waals surface area contributed by atoms with Gasteiger partial charge in [-0.05, 0) is 80.8 Å². The second-order valence-corrected chi connectivity index (χ2v) is 18.7. The fourth-order valence-electron chi connectivity index (χ4n) is 10.1. The van der Waals surface area contributed by atoms with Gasteiger partial charge in [-0.2, -0.15) is 15.5 Å².